The molecule has 0 fully saturated rings. The fraction of sp³-hybridized carbons (Fsp3) is 0.286. The van der Waals surface area contributed by atoms with Crippen LogP contribution in [0.5, 0.6) is 0 Å². The van der Waals surface area contributed by atoms with Crippen molar-refractivity contribution in [3.63, 3.8) is 0 Å². The van der Waals surface area contributed by atoms with Gasteiger partial charge in [-0.05, 0) is 42.5 Å². The highest BCUT2D eigenvalue weighted by Gasteiger charge is 2.04. The number of carbonyl (C=O) groups is 2. The topological polar surface area (TPSA) is 66.4 Å². The fourth-order valence-electron chi connectivity index (χ4n) is 1.51. The zero-order valence-electron chi connectivity index (χ0n) is 11.0. The first-order valence-corrected chi connectivity index (χ1v) is 7.22. The number of aliphatic carboxylic acids is 1. The molecule has 19 heavy (non-hydrogen) atoms. The van der Waals surface area contributed by atoms with Crippen molar-refractivity contribution in [2.45, 2.75) is 13.3 Å². The lowest BCUT2D eigenvalue weighted by atomic mass is 10.1. The minimum atomic E-state index is -0.980. The van der Waals surface area contributed by atoms with Crippen LogP contribution in [-0.2, 0) is 9.59 Å². The van der Waals surface area contributed by atoms with E-state index in [1.807, 2.05) is 19.2 Å². The van der Waals surface area contributed by atoms with Gasteiger partial charge in [0.15, 0.2) is 0 Å². The Kier molecular flexibility index (Phi) is 6.15. The number of hydrogen-bond donors (Lipinski definition) is 2. The largest absolute Gasteiger partial charge is 0.478 e. The van der Waals surface area contributed by atoms with Crippen molar-refractivity contribution in [2.75, 3.05) is 17.3 Å². The molecule has 0 aliphatic rings. The van der Waals surface area contributed by atoms with E-state index < -0.39 is 5.97 Å². The second kappa shape index (κ2) is 7.63. The van der Waals surface area contributed by atoms with E-state index in [-0.39, 0.29) is 5.91 Å². The molecular formula is C14H17NO3S. The molecule has 4 nitrogen and oxygen atoms in total. The summed E-state index contributed by atoms with van der Waals surface area (Å²) in [4.78, 5) is 22.0. The Balaban J connectivity index is 2.72. The van der Waals surface area contributed by atoms with E-state index in [1.165, 1.54) is 6.08 Å². The minimum Gasteiger partial charge on any atom is -0.478 e. The number of anilines is 1. The van der Waals surface area contributed by atoms with Crippen LogP contribution in [-0.4, -0.2) is 29.0 Å². The number of benzene rings is 1. The molecule has 0 aliphatic heterocycles. The van der Waals surface area contributed by atoms with E-state index in [0.717, 1.165) is 28.6 Å². The van der Waals surface area contributed by atoms with Gasteiger partial charge < -0.3 is 10.4 Å². The number of hydrogen-bond acceptors (Lipinski definition) is 3. The second-order valence-electron chi connectivity index (χ2n) is 4.04. The molecule has 102 valence electrons. The third-order valence-corrected chi connectivity index (χ3v) is 3.09. The fourth-order valence-corrected chi connectivity index (χ4v) is 1.90. The van der Waals surface area contributed by atoms with Crippen LogP contribution >= 0.6 is 11.8 Å². The van der Waals surface area contributed by atoms with Gasteiger partial charge >= 0.3 is 5.97 Å². The summed E-state index contributed by atoms with van der Waals surface area (Å²) in [7, 11) is 0. The van der Waals surface area contributed by atoms with Gasteiger partial charge in [0, 0.05) is 23.9 Å². The van der Waals surface area contributed by atoms with Crippen LogP contribution in [0.3, 0.4) is 0 Å². The van der Waals surface area contributed by atoms with Crippen molar-refractivity contribution in [1.82, 2.24) is 0 Å². The highest BCUT2D eigenvalue weighted by molar-refractivity contribution is 7.98. The Hall–Kier alpha value is -1.75. The summed E-state index contributed by atoms with van der Waals surface area (Å²) < 4.78 is 0. The zero-order chi connectivity index (χ0) is 14.3. The van der Waals surface area contributed by atoms with Crippen LogP contribution < -0.4 is 5.32 Å². The molecule has 1 aromatic carbocycles. The van der Waals surface area contributed by atoms with Crippen molar-refractivity contribution in [1.29, 1.82) is 0 Å². The molecule has 1 aromatic rings. The predicted molar refractivity (Wildman–Crippen MR) is 79.5 cm³/mol. The predicted octanol–water partition coefficient (Wildman–Crippen LogP) is 2.78. The van der Waals surface area contributed by atoms with Crippen LogP contribution in [0, 0.1) is 6.92 Å². The molecule has 0 saturated heterocycles. The van der Waals surface area contributed by atoms with Gasteiger partial charge in [-0.15, -0.1) is 0 Å². The lowest BCUT2D eigenvalue weighted by Crippen LogP contribution is -2.13. The first-order chi connectivity index (χ1) is 9.02. The molecule has 0 spiro atoms. The molecule has 1 amide bonds. The van der Waals surface area contributed by atoms with Crippen LogP contribution in [0.4, 0.5) is 5.69 Å². The third-order valence-electron chi connectivity index (χ3n) is 2.48. The first kappa shape index (κ1) is 15.3. The monoisotopic (exact) mass is 279 g/mol. The highest BCUT2D eigenvalue weighted by atomic mass is 32.2. The number of amides is 1. The molecule has 0 unspecified atom stereocenters. The number of rotatable bonds is 6. The van der Waals surface area contributed by atoms with E-state index in [0.29, 0.717) is 6.42 Å². The smallest absolute Gasteiger partial charge is 0.328 e. The molecule has 0 aromatic heterocycles. The molecule has 0 radical (unpaired) electrons. The summed E-state index contributed by atoms with van der Waals surface area (Å²) in [6.45, 7) is 1.88. The van der Waals surface area contributed by atoms with E-state index in [1.54, 1.807) is 23.9 Å². The number of nitrogens with one attached hydrogen (secondary N) is 1. The van der Waals surface area contributed by atoms with Crippen molar-refractivity contribution in [3.8, 4) is 0 Å². The van der Waals surface area contributed by atoms with Crippen LogP contribution in [0.1, 0.15) is 17.5 Å². The summed E-state index contributed by atoms with van der Waals surface area (Å²) in [5.74, 6) is -0.192. The molecule has 0 saturated carbocycles. The first-order valence-electron chi connectivity index (χ1n) is 5.83. The van der Waals surface area contributed by atoms with Crippen molar-refractivity contribution in [3.05, 3.63) is 35.4 Å². The van der Waals surface area contributed by atoms with Crippen molar-refractivity contribution in [2.24, 2.45) is 0 Å². The Labute approximate surface area is 116 Å². The van der Waals surface area contributed by atoms with Crippen LogP contribution in [0.15, 0.2) is 24.3 Å². The highest BCUT2D eigenvalue weighted by Crippen LogP contribution is 2.17. The Morgan fingerprint density at radius 3 is 2.74 bits per heavy atom. The molecule has 0 aliphatic carbocycles. The maximum atomic E-state index is 11.6. The average Bonchev–Trinajstić information content (AvgIpc) is 2.36. The summed E-state index contributed by atoms with van der Waals surface area (Å²) in [6, 6.07) is 5.40. The van der Waals surface area contributed by atoms with Gasteiger partial charge in [0.25, 0.3) is 0 Å². The molecule has 5 heteroatoms. The van der Waals surface area contributed by atoms with Gasteiger partial charge in [0.05, 0.1) is 0 Å². The molecule has 0 bridgehead atoms. The average molecular weight is 279 g/mol. The zero-order valence-corrected chi connectivity index (χ0v) is 11.8. The standard InChI is InChI=1S/C14H17NO3S/c1-10-9-11(4-6-14(17)18)3-5-12(10)15-13(16)7-8-19-2/h3-6,9H,7-8H2,1-2H3,(H,15,16)(H,17,18). The van der Waals surface area contributed by atoms with E-state index >= 15 is 0 Å². The van der Waals surface area contributed by atoms with Gasteiger partial charge in [-0.2, -0.15) is 11.8 Å². The Morgan fingerprint density at radius 1 is 1.42 bits per heavy atom. The minimum absolute atomic E-state index is 0.00808. The Morgan fingerprint density at radius 2 is 2.16 bits per heavy atom. The molecule has 0 heterocycles. The summed E-state index contributed by atoms with van der Waals surface area (Å²) >= 11 is 1.63. The summed E-state index contributed by atoms with van der Waals surface area (Å²) in [5.41, 5.74) is 2.46. The van der Waals surface area contributed by atoms with Crippen molar-refractivity contribution >= 4 is 35.4 Å². The second-order valence-corrected chi connectivity index (χ2v) is 5.02. The van der Waals surface area contributed by atoms with Crippen LogP contribution in [0.2, 0.25) is 0 Å². The summed E-state index contributed by atoms with van der Waals surface area (Å²) in [6.07, 6.45) is 5.06. The quantitative estimate of drug-likeness (QED) is 0.786. The molecule has 2 N–H and O–H groups in total. The van der Waals surface area contributed by atoms with Gasteiger partial charge in [0.2, 0.25) is 5.91 Å². The Bertz CT molecular complexity index is 497. The van der Waals surface area contributed by atoms with Crippen molar-refractivity contribution < 1.29 is 14.7 Å². The number of thioether (sulfide) groups is 1. The van der Waals surface area contributed by atoms with Gasteiger partial charge in [-0.3, -0.25) is 4.79 Å². The summed E-state index contributed by atoms with van der Waals surface area (Å²) in [5, 5.41) is 11.4. The van der Waals surface area contributed by atoms with Gasteiger partial charge in [-0.1, -0.05) is 6.07 Å². The number of carboxylic acids is 1. The maximum absolute atomic E-state index is 11.6. The van der Waals surface area contributed by atoms with E-state index in [9.17, 15) is 9.59 Å². The SMILES string of the molecule is CSCCC(=O)Nc1ccc(C=CC(=O)O)cc1C. The number of carboxylic acid groups (broad SMARTS) is 1. The maximum Gasteiger partial charge on any atom is 0.328 e. The van der Waals surface area contributed by atoms with E-state index in [4.69, 9.17) is 5.11 Å². The molecule has 0 atom stereocenters. The molecular weight excluding hydrogens is 262 g/mol. The number of carbonyl (C=O) groups excluding carboxylic acids is 1. The van der Waals surface area contributed by atoms with Crippen LogP contribution in [0.25, 0.3) is 6.08 Å². The lowest BCUT2D eigenvalue weighted by molar-refractivity contribution is -0.131. The molecule has 1 rings (SSSR count). The normalized spacial score (nSPS) is 10.6. The number of aryl methyl sites for hydroxylation is 1. The van der Waals surface area contributed by atoms with E-state index in [2.05, 4.69) is 5.32 Å². The third kappa shape index (κ3) is 5.61. The van der Waals surface area contributed by atoms with Gasteiger partial charge in [0.1, 0.15) is 0 Å². The lowest BCUT2D eigenvalue weighted by Gasteiger charge is -2.08. The van der Waals surface area contributed by atoms with Gasteiger partial charge in [-0.25, -0.2) is 4.79 Å².